The van der Waals surface area contributed by atoms with Crippen molar-refractivity contribution in [2.24, 2.45) is 4.99 Å². The molecule has 0 bridgehead atoms. The Labute approximate surface area is 89.0 Å². The van der Waals surface area contributed by atoms with Gasteiger partial charge in [-0.2, -0.15) is 0 Å². The number of nitrogens with zero attached hydrogens (tertiary/aromatic N) is 1. The molecule has 0 fully saturated rings. The lowest BCUT2D eigenvalue weighted by atomic mass is 10.0. The zero-order chi connectivity index (χ0) is 10.7. The molecule has 2 rings (SSSR count). The Bertz CT molecular complexity index is 399. The summed E-state index contributed by atoms with van der Waals surface area (Å²) in [7, 11) is 3.32. The third kappa shape index (κ3) is 1.73. The largest absolute Gasteiger partial charge is 0.496 e. The predicted molar refractivity (Wildman–Crippen MR) is 60.6 cm³/mol. The molecular formula is C12H13NO2. The molecular weight excluding hydrogens is 190 g/mol. The van der Waals surface area contributed by atoms with Crippen LogP contribution in [0, 0.1) is 0 Å². The van der Waals surface area contributed by atoms with E-state index < -0.39 is 0 Å². The number of hydrogen-bond donors (Lipinski definition) is 0. The molecule has 1 aliphatic rings. The highest BCUT2D eigenvalue weighted by molar-refractivity contribution is 5.88. The first-order valence-electron chi connectivity index (χ1n) is 4.79. The topological polar surface area (TPSA) is 30.8 Å². The standard InChI is InChI=1S/C12H13NO2/c1-14-10-4-3-5-11(15-2)12(10)9-6-7-13-8-9/h3-5,7-8H,6H2,1-2H3. The van der Waals surface area contributed by atoms with Crippen LogP contribution in [-0.4, -0.2) is 20.4 Å². The van der Waals surface area contributed by atoms with Crippen molar-refractivity contribution in [3.63, 3.8) is 0 Å². The van der Waals surface area contributed by atoms with E-state index in [2.05, 4.69) is 4.99 Å². The average molecular weight is 203 g/mol. The van der Waals surface area contributed by atoms with Gasteiger partial charge in [0.25, 0.3) is 0 Å². The molecule has 0 spiro atoms. The van der Waals surface area contributed by atoms with Crippen LogP contribution < -0.4 is 9.47 Å². The van der Waals surface area contributed by atoms with E-state index in [0.717, 1.165) is 29.1 Å². The molecule has 0 saturated heterocycles. The molecule has 0 radical (unpaired) electrons. The Morgan fingerprint density at radius 2 is 1.80 bits per heavy atom. The molecule has 0 aliphatic carbocycles. The van der Waals surface area contributed by atoms with E-state index >= 15 is 0 Å². The number of allylic oxidation sites excluding steroid dienone is 1. The number of rotatable bonds is 3. The number of benzene rings is 1. The second kappa shape index (κ2) is 4.17. The van der Waals surface area contributed by atoms with Gasteiger partial charge in [-0.25, -0.2) is 0 Å². The summed E-state index contributed by atoms with van der Waals surface area (Å²) in [5.74, 6) is 1.65. The van der Waals surface area contributed by atoms with Crippen LogP contribution in [0.25, 0.3) is 5.57 Å². The maximum absolute atomic E-state index is 5.32. The third-order valence-electron chi connectivity index (χ3n) is 2.40. The molecule has 0 atom stereocenters. The lowest BCUT2D eigenvalue weighted by molar-refractivity contribution is 0.392. The van der Waals surface area contributed by atoms with Crippen molar-refractivity contribution in [1.29, 1.82) is 0 Å². The first-order valence-corrected chi connectivity index (χ1v) is 4.79. The fraction of sp³-hybridized carbons (Fsp3) is 0.250. The van der Waals surface area contributed by atoms with Crippen LogP contribution >= 0.6 is 0 Å². The van der Waals surface area contributed by atoms with Crippen LogP contribution in [0.2, 0.25) is 0 Å². The van der Waals surface area contributed by atoms with Gasteiger partial charge in [0.2, 0.25) is 0 Å². The fourth-order valence-corrected chi connectivity index (χ4v) is 1.68. The summed E-state index contributed by atoms with van der Waals surface area (Å²) in [6.45, 7) is 0. The monoisotopic (exact) mass is 203 g/mol. The van der Waals surface area contributed by atoms with Gasteiger partial charge in [-0.3, -0.25) is 4.99 Å². The second-order valence-electron chi connectivity index (χ2n) is 3.23. The van der Waals surface area contributed by atoms with E-state index in [1.165, 1.54) is 0 Å². The Kier molecular flexibility index (Phi) is 2.72. The number of aliphatic imine (C=N–C) groups is 1. The Hall–Kier alpha value is -1.77. The maximum atomic E-state index is 5.32. The van der Waals surface area contributed by atoms with Gasteiger partial charge >= 0.3 is 0 Å². The normalized spacial score (nSPS) is 13.9. The van der Waals surface area contributed by atoms with Crippen molar-refractivity contribution in [2.45, 2.75) is 6.42 Å². The van der Waals surface area contributed by atoms with Crippen molar-refractivity contribution in [3.8, 4) is 11.5 Å². The molecule has 0 amide bonds. The minimum atomic E-state index is 0.825. The smallest absolute Gasteiger partial charge is 0.130 e. The summed E-state index contributed by atoms with van der Waals surface area (Å²) in [4.78, 5) is 4.09. The summed E-state index contributed by atoms with van der Waals surface area (Å²) in [6, 6.07) is 5.77. The molecule has 78 valence electrons. The van der Waals surface area contributed by atoms with E-state index in [0.29, 0.717) is 0 Å². The molecule has 1 heterocycles. The van der Waals surface area contributed by atoms with E-state index in [1.807, 2.05) is 30.6 Å². The van der Waals surface area contributed by atoms with Gasteiger partial charge in [0.15, 0.2) is 0 Å². The first-order chi connectivity index (χ1) is 7.36. The van der Waals surface area contributed by atoms with Gasteiger partial charge in [0, 0.05) is 18.8 Å². The van der Waals surface area contributed by atoms with Gasteiger partial charge in [-0.05, 0) is 17.7 Å². The molecule has 0 N–H and O–H groups in total. The molecule has 1 aliphatic heterocycles. The maximum Gasteiger partial charge on any atom is 0.130 e. The van der Waals surface area contributed by atoms with Crippen molar-refractivity contribution >= 4 is 11.8 Å². The SMILES string of the molecule is COc1cccc(OC)c1C1=CN=CC1. The van der Waals surface area contributed by atoms with Crippen LogP contribution in [0.1, 0.15) is 12.0 Å². The molecule has 1 aromatic rings. The van der Waals surface area contributed by atoms with Crippen LogP contribution in [0.5, 0.6) is 11.5 Å². The van der Waals surface area contributed by atoms with Crippen LogP contribution in [0.15, 0.2) is 29.4 Å². The first kappa shape index (κ1) is 9.77. The highest BCUT2D eigenvalue weighted by Crippen LogP contribution is 2.36. The van der Waals surface area contributed by atoms with Crippen LogP contribution in [0.3, 0.4) is 0 Å². The van der Waals surface area contributed by atoms with E-state index in [9.17, 15) is 0 Å². The zero-order valence-corrected chi connectivity index (χ0v) is 8.86. The van der Waals surface area contributed by atoms with Gasteiger partial charge < -0.3 is 9.47 Å². The Morgan fingerprint density at radius 3 is 2.27 bits per heavy atom. The van der Waals surface area contributed by atoms with Gasteiger partial charge in [-0.15, -0.1) is 0 Å². The van der Waals surface area contributed by atoms with E-state index in [4.69, 9.17) is 9.47 Å². The minimum Gasteiger partial charge on any atom is -0.496 e. The Morgan fingerprint density at radius 1 is 1.13 bits per heavy atom. The van der Waals surface area contributed by atoms with Crippen molar-refractivity contribution < 1.29 is 9.47 Å². The quantitative estimate of drug-likeness (QED) is 0.755. The molecule has 0 unspecified atom stereocenters. The Balaban J connectivity index is 2.50. The highest BCUT2D eigenvalue weighted by Gasteiger charge is 2.15. The van der Waals surface area contributed by atoms with Gasteiger partial charge in [-0.1, -0.05) is 6.07 Å². The predicted octanol–water partition coefficient (Wildman–Crippen LogP) is 2.52. The molecule has 1 aromatic carbocycles. The lowest BCUT2D eigenvalue weighted by Gasteiger charge is -2.13. The second-order valence-corrected chi connectivity index (χ2v) is 3.23. The van der Waals surface area contributed by atoms with E-state index in [1.54, 1.807) is 14.2 Å². The molecule has 3 nitrogen and oxygen atoms in total. The van der Waals surface area contributed by atoms with Crippen molar-refractivity contribution in [2.75, 3.05) is 14.2 Å². The van der Waals surface area contributed by atoms with Crippen molar-refractivity contribution in [1.82, 2.24) is 0 Å². The summed E-state index contributed by atoms with van der Waals surface area (Å²) in [6.07, 6.45) is 4.55. The van der Waals surface area contributed by atoms with Crippen LogP contribution in [-0.2, 0) is 0 Å². The molecule has 0 aromatic heterocycles. The van der Waals surface area contributed by atoms with Gasteiger partial charge in [0.05, 0.1) is 19.8 Å². The molecule has 15 heavy (non-hydrogen) atoms. The summed E-state index contributed by atoms with van der Waals surface area (Å²) >= 11 is 0. The molecule has 0 saturated carbocycles. The van der Waals surface area contributed by atoms with Crippen LogP contribution in [0.4, 0.5) is 0 Å². The fourth-order valence-electron chi connectivity index (χ4n) is 1.68. The number of ether oxygens (including phenoxy) is 2. The average Bonchev–Trinajstić information content (AvgIpc) is 2.81. The summed E-state index contributed by atoms with van der Waals surface area (Å²) in [5, 5.41) is 0. The number of hydrogen-bond acceptors (Lipinski definition) is 3. The summed E-state index contributed by atoms with van der Waals surface area (Å²) in [5.41, 5.74) is 2.13. The highest BCUT2D eigenvalue weighted by atomic mass is 16.5. The van der Waals surface area contributed by atoms with E-state index in [-0.39, 0.29) is 0 Å². The molecule has 3 heteroatoms. The van der Waals surface area contributed by atoms with Gasteiger partial charge in [0.1, 0.15) is 11.5 Å². The summed E-state index contributed by atoms with van der Waals surface area (Å²) < 4.78 is 10.6. The number of methoxy groups -OCH3 is 2. The minimum absolute atomic E-state index is 0.825. The third-order valence-corrected chi connectivity index (χ3v) is 2.40. The lowest BCUT2D eigenvalue weighted by Crippen LogP contribution is -1.95. The van der Waals surface area contributed by atoms with Crippen molar-refractivity contribution in [3.05, 3.63) is 30.0 Å². The zero-order valence-electron chi connectivity index (χ0n) is 8.86.